The summed E-state index contributed by atoms with van der Waals surface area (Å²) in [6.07, 6.45) is 0. The van der Waals surface area contributed by atoms with Gasteiger partial charge < -0.3 is 0 Å². The number of benzene rings is 3. The summed E-state index contributed by atoms with van der Waals surface area (Å²) in [5.41, 5.74) is 9.80. The van der Waals surface area contributed by atoms with Crippen LogP contribution in [-0.2, 0) is 0 Å². The number of hydrogen-bond acceptors (Lipinski definition) is 1. The van der Waals surface area contributed by atoms with Crippen LogP contribution in [0.15, 0.2) is 72.8 Å². The summed E-state index contributed by atoms with van der Waals surface area (Å²) in [7, 11) is 0. The number of pyridine rings is 1. The standard InChI is InChI=1S/C22H15N/c1-14-6-4-7-15(12-14)21-13-19-17-9-3-2-8-16(17)18-10-5-11-20(23-21)22(18)19/h2-13H,1H3. The van der Waals surface area contributed by atoms with Crippen LogP contribution in [-0.4, -0.2) is 4.98 Å². The zero-order valence-corrected chi connectivity index (χ0v) is 12.9. The molecule has 1 aliphatic rings. The Bertz CT molecular complexity index is 1080. The largest absolute Gasteiger partial charge is 0.248 e. The lowest BCUT2D eigenvalue weighted by Crippen LogP contribution is -1.88. The average molecular weight is 293 g/mol. The Morgan fingerprint density at radius 3 is 2.22 bits per heavy atom. The van der Waals surface area contributed by atoms with E-state index in [1.807, 2.05) is 0 Å². The molecule has 0 saturated carbocycles. The quantitative estimate of drug-likeness (QED) is 0.377. The molecule has 23 heavy (non-hydrogen) atoms. The van der Waals surface area contributed by atoms with Crippen molar-refractivity contribution in [3.63, 3.8) is 0 Å². The molecule has 0 fully saturated rings. The molecule has 0 spiro atoms. The van der Waals surface area contributed by atoms with Crippen LogP contribution in [0.1, 0.15) is 5.56 Å². The van der Waals surface area contributed by atoms with Gasteiger partial charge in [-0.05, 0) is 47.4 Å². The van der Waals surface area contributed by atoms with E-state index in [9.17, 15) is 0 Å². The molecule has 0 radical (unpaired) electrons. The first-order valence-electron chi connectivity index (χ1n) is 7.92. The molecule has 1 heteroatoms. The molecule has 0 saturated heterocycles. The Labute approximate surface area is 135 Å². The lowest BCUT2D eigenvalue weighted by Gasteiger charge is -2.07. The van der Waals surface area contributed by atoms with Gasteiger partial charge in [0.2, 0.25) is 0 Å². The summed E-state index contributed by atoms with van der Waals surface area (Å²) in [4.78, 5) is 4.93. The summed E-state index contributed by atoms with van der Waals surface area (Å²) in [5.74, 6) is 0. The molecule has 3 aromatic carbocycles. The topological polar surface area (TPSA) is 12.9 Å². The molecule has 1 aliphatic carbocycles. The van der Waals surface area contributed by atoms with Crippen LogP contribution < -0.4 is 0 Å². The van der Waals surface area contributed by atoms with Gasteiger partial charge in [-0.25, -0.2) is 4.98 Å². The van der Waals surface area contributed by atoms with E-state index in [0.29, 0.717) is 0 Å². The monoisotopic (exact) mass is 293 g/mol. The minimum atomic E-state index is 1.05. The van der Waals surface area contributed by atoms with Crippen LogP contribution in [0.2, 0.25) is 0 Å². The fourth-order valence-electron chi connectivity index (χ4n) is 3.63. The van der Waals surface area contributed by atoms with Crippen molar-refractivity contribution in [2.45, 2.75) is 6.92 Å². The highest BCUT2D eigenvalue weighted by atomic mass is 14.7. The highest BCUT2D eigenvalue weighted by Gasteiger charge is 2.22. The van der Waals surface area contributed by atoms with Gasteiger partial charge in [-0.1, -0.05) is 60.2 Å². The third-order valence-electron chi connectivity index (χ3n) is 4.66. The van der Waals surface area contributed by atoms with E-state index in [1.165, 1.54) is 38.8 Å². The third-order valence-corrected chi connectivity index (χ3v) is 4.66. The maximum absolute atomic E-state index is 4.93. The predicted molar refractivity (Wildman–Crippen MR) is 96.3 cm³/mol. The summed E-state index contributed by atoms with van der Waals surface area (Å²) in [6, 6.07) is 25.9. The van der Waals surface area contributed by atoms with E-state index in [-0.39, 0.29) is 0 Å². The molecule has 1 nitrogen and oxygen atoms in total. The van der Waals surface area contributed by atoms with Gasteiger partial charge in [-0.3, -0.25) is 0 Å². The maximum Gasteiger partial charge on any atom is 0.0722 e. The first kappa shape index (κ1) is 12.6. The summed E-state index contributed by atoms with van der Waals surface area (Å²) in [6.45, 7) is 2.12. The fourth-order valence-corrected chi connectivity index (χ4v) is 3.63. The van der Waals surface area contributed by atoms with Gasteiger partial charge in [0.25, 0.3) is 0 Å². The Morgan fingerprint density at radius 1 is 0.652 bits per heavy atom. The van der Waals surface area contributed by atoms with Crippen LogP contribution in [0.5, 0.6) is 0 Å². The van der Waals surface area contributed by atoms with Crippen LogP contribution in [0, 0.1) is 6.92 Å². The van der Waals surface area contributed by atoms with Crippen molar-refractivity contribution in [2.24, 2.45) is 0 Å². The Morgan fingerprint density at radius 2 is 1.39 bits per heavy atom. The van der Waals surface area contributed by atoms with E-state index >= 15 is 0 Å². The van der Waals surface area contributed by atoms with Gasteiger partial charge in [0, 0.05) is 10.9 Å². The lowest BCUT2D eigenvalue weighted by molar-refractivity contribution is 1.38. The molecule has 108 valence electrons. The van der Waals surface area contributed by atoms with Crippen LogP contribution in [0.4, 0.5) is 0 Å². The van der Waals surface area contributed by atoms with Gasteiger partial charge in [0.05, 0.1) is 11.2 Å². The molecular formula is C22H15N. The Kier molecular flexibility index (Phi) is 2.48. The van der Waals surface area contributed by atoms with Crippen molar-refractivity contribution < 1.29 is 0 Å². The molecule has 1 heterocycles. The van der Waals surface area contributed by atoms with Gasteiger partial charge in [0.15, 0.2) is 0 Å². The molecule has 0 amide bonds. The summed E-state index contributed by atoms with van der Waals surface area (Å²) in [5, 5.41) is 1.28. The van der Waals surface area contributed by atoms with Crippen molar-refractivity contribution >= 4 is 10.9 Å². The first-order valence-corrected chi connectivity index (χ1v) is 7.92. The van der Waals surface area contributed by atoms with Crippen molar-refractivity contribution in [2.75, 3.05) is 0 Å². The van der Waals surface area contributed by atoms with Crippen molar-refractivity contribution in [3.05, 3.63) is 78.4 Å². The van der Waals surface area contributed by atoms with E-state index in [2.05, 4.69) is 79.7 Å². The second-order valence-electron chi connectivity index (χ2n) is 6.17. The molecular weight excluding hydrogens is 278 g/mol. The molecule has 4 aromatic rings. The predicted octanol–water partition coefficient (Wildman–Crippen LogP) is 5.86. The number of nitrogens with zero attached hydrogens (tertiary/aromatic N) is 1. The summed E-state index contributed by atoms with van der Waals surface area (Å²) >= 11 is 0. The fraction of sp³-hybridized carbons (Fsp3) is 0.0455. The van der Waals surface area contributed by atoms with Crippen molar-refractivity contribution in [1.82, 2.24) is 4.98 Å². The average Bonchev–Trinajstić information content (AvgIpc) is 2.91. The van der Waals surface area contributed by atoms with Gasteiger partial charge in [-0.15, -0.1) is 0 Å². The second kappa shape index (κ2) is 4.53. The number of aromatic nitrogens is 1. The van der Waals surface area contributed by atoms with E-state index in [0.717, 1.165) is 11.2 Å². The van der Waals surface area contributed by atoms with E-state index < -0.39 is 0 Å². The highest BCUT2D eigenvalue weighted by molar-refractivity contribution is 6.14. The van der Waals surface area contributed by atoms with Gasteiger partial charge in [-0.2, -0.15) is 0 Å². The smallest absolute Gasteiger partial charge is 0.0722 e. The SMILES string of the molecule is Cc1cccc(-c2cc3c4c(cccc4n2)-c2ccccc2-3)c1. The van der Waals surface area contributed by atoms with Crippen molar-refractivity contribution in [3.8, 4) is 33.5 Å². The number of aryl methyl sites for hydroxylation is 1. The zero-order valence-electron chi connectivity index (χ0n) is 12.9. The minimum Gasteiger partial charge on any atom is -0.248 e. The molecule has 5 rings (SSSR count). The Hall–Kier alpha value is -2.93. The maximum atomic E-state index is 4.93. The number of hydrogen-bond donors (Lipinski definition) is 0. The van der Waals surface area contributed by atoms with Crippen LogP contribution in [0.25, 0.3) is 44.4 Å². The molecule has 0 unspecified atom stereocenters. The van der Waals surface area contributed by atoms with Crippen LogP contribution >= 0.6 is 0 Å². The van der Waals surface area contributed by atoms with E-state index in [1.54, 1.807) is 0 Å². The third kappa shape index (κ3) is 1.77. The molecule has 0 N–H and O–H groups in total. The minimum absolute atomic E-state index is 1.05. The number of rotatable bonds is 1. The first-order chi connectivity index (χ1) is 11.3. The van der Waals surface area contributed by atoms with Crippen LogP contribution in [0.3, 0.4) is 0 Å². The summed E-state index contributed by atoms with van der Waals surface area (Å²) < 4.78 is 0. The van der Waals surface area contributed by atoms with E-state index in [4.69, 9.17) is 4.98 Å². The zero-order chi connectivity index (χ0) is 15.4. The van der Waals surface area contributed by atoms with Gasteiger partial charge in [0.1, 0.15) is 0 Å². The van der Waals surface area contributed by atoms with Gasteiger partial charge >= 0.3 is 0 Å². The highest BCUT2D eigenvalue weighted by Crippen LogP contribution is 2.47. The molecule has 0 aliphatic heterocycles. The second-order valence-corrected chi connectivity index (χ2v) is 6.17. The molecule has 0 atom stereocenters. The molecule has 1 aromatic heterocycles. The Balaban J connectivity index is 1.87. The number of fused-ring (bicyclic) bond motifs is 3. The lowest BCUT2D eigenvalue weighted by atomic mass is 10.0. The molecule has 0 bridgehead atoms. The van der Waals surface area contributed by atoms with Crippen molar-refractivity contribution in [1.29, 1.82) is 0 Å². The normalized spacial score (nSPS) is 11.7.